The molecule has 0 aliphatic carbocycles. The largest absolute Gasteiger partial charge is 0.253 e. The van der Waals surface area contributed by atoms with Gasteiger partial charge < -0.3 is 0 Å². The molecule has 0 bridgehead atoms. The lowest BCUT2D eigenvalue weighted by molar-refractivity contribution is 0.558. The molecule has 2 aromatic rings. The highest BCUT2D eigenvalue weighted by molar-refractivity contribution is 5.25. The Kier molecular flexibility index (Phi) is 3.12. The monoisotopic (exact) mass is 201 g/mol. The van der Waals surface area contributed by atoms with Crippen molar-refractivity contribution in [2.24, 2.45) is 0 Å². The SMILES string of the molecule is Cc1ccccc1CCCn1ccnn1. The molecule has 0 atom stereocenters. The summed E-state index contributed by atoms with van der Waals surface area (Å²) in [5.74, 6) is 0. The quantitative estimate of drug-likeness (QED) is 0.759. The minimum atomic E-state index is 0.939. The third-order valence-electron chi connectivity index (χ3n) is 2.57. The molecule has 0 N–H and O–H groups in total. The first kappa shape index (κ1) is 9.90. The maximum atomic E-state index is 3.94. The van der Waals surface area contributed by atoms with Crippen LogP contribution >= 0.6 is 0 Å². The molecular weight excluding hydrogens is 186 g/mol. The van der Waals surface area contributed by atoms with Crippen LogP contribution in [0.2, 0.25) is 0 Å². The molecule has 0 fully saturated rings. The van der Waals surface area contributed by atoms with Gasteiger partial charge in [-0.25, -0.2) is 0 Å². The minimum absolute atomic E-state index is 0.939. The molecule has 0 unspecified atom stereocenters. The van der Waals surface area contributed by atoms with E-state index in [2.05, 4.69) is 41.5 Å². The summed E-state index contributed by atoms with van der Waals surface area (Å²) < 4.78 is 1.87. The van der Waals surface area contributed by atoms with Gasteiger partial charge in [0, 0.05) is 12.7 Å². The zero-order valence-electron chi connectivity index (χ0n) is 8.93. The summed E-state index contributed by atoms with van der Waals surface area (Å²) in [6.45, 7) is 3.10. The normalized spacial score (nSPS) is 10.5. The van der Waals surface area contributed by atoms with Gasteiger partial charge in [0.1, 0.15) is 0 Å². The first-order valence-electron chi connectivity index (χ1n) is 5.25. The van der Waals surface area contributed by atoms with Gasteiger partial charge in [0.25, 0.3) is 0 Å². The molecule has 3 nitrogen and oxygen atoms in total. The van der Waals surface area contributed by atoms with Crippen molar-refractivity contribution >= 4 is 0 Å². The van der Waals surface area contributed by atoms with Gasteiger partial charge in [-0.05, 0) is 30.9 Å². The molecule has 2 rings (SSSR count). The molecular formula is C12H15N3. The molecule has 1 aromatic carbocycles. The van der Waals surface area contributed by atoms with Gasteiger partial charge in [-0.1, -0.05) is 29.5 Å². The second-order valence-electron chi connectivity index (χ2n) is 3.70. The van der Waals surface area contributed by atoms with E-state index in [9.17, 15) is 0 Å². The lowest BCUT2D eigenvalue weighted by atomic mass is 10.0. The minimum Gasteiger partial charge on any atom is -0.253 e. The Labute approximate surface area is 89.7 Å². The van der Waals surface area contributed by atoms with Gasteiger partial charge >= 0.3 is 0 Å². The highest BCUT2D eigenvalue weighted by Gasteiger charge is 1.97. The van der Waals surface area contributed by atoms with Crippen molar-refractivity contribution in [2.45, 2.75) is 26.3 Å². The molecule has 3 heteroatoms. The van der Waals surface area contributed by atoms with Gasteiger partial charge in [-0.3, -0.25) is 4.68 Å². The molecule has 0 saturated heterocycles. The van der Waals surface area contributed by atoms with Crippen molar-refractivity contribution in [3.05, 3.63) is 47.8 Å². The lowest BCUT2D eigenvalue weighted by Gasteiger charge is -2.04. The van der Waals surface area contributed by atoms with Crippen molar-refractivity contribution in [3.63, 3.8) is 0 Å². The summed E-state index contributed by atoms with van der Waals surface area (Å²) in [6.07, 6.45) is 5.83. The highest BCUT2D eigenvalue weighted by atomic mass is 15.4. The van der Waals surface area contributed by atoms with E-state index in [4.69, 9.17) is 0 Å². The van der Waals surface area contributed by atoms with Crippen LogP contribution in [-0.4, -0.2) is 15.0 Å². The standard InChI is InChI=1S/C12H15N3/c1-11-5-2-3-6-12(11)7-4-9-15-10-8-13-14-15/h2-3,5-6,8,10H,4,7,9H2,1H3. The first-order valence-corrected chi connectivity index (χ1v) is 5.25. The summed E-state index contributed by atoms with van der Waals surface area (Å²) in [6, 6.07) is 8.52. The van der Waals surface area contributed by atoms with Crippen molar-refractivity contribution < 1.29 is 0 Å². The van der Waals surface area contributed by atoms with Crippen LogP contribution in [0.1, 0.15) is 17.5 Å². The Balaban J connectivity index is 1.86. The Morgan fingerprint density at radius 2 is 2.13 bits per heavy atom. The second kappa shape index (κ2) is 4.73. The number of hydrogen-bond acceptors (Lipinski definition) is 2. The second-order valence-corrected chi connectivity index (χ2v) is 3.70. The fraction of sp³-hybridized carbons (Fsp3) is 0.333. The van der Waals surface area contributed by atoms with Gasteiger partial charge in [0.15, 0.2) is 0 Å². The van der Waals surface area contributed by atoms with Crippen molar-refractivity contribution in [3.8, 4) is 0 Å². The number of nitrogens with zero attached hydrogens (tertiary/aromatic N) is 3. The van der Waals surface area contributed by atoms with Crippen LogP contribution < -0.4 is 0 Å². The molecule has 1 heterocycles. The van der Waals surface area contributed by atoms with Crippen molar-refractivity contribution in [1.82, 2.24) is 15.0 Å². The lowest BCUT2D eigenvalue weighted by Crippen LogP contribution is -2.01. The topological polar surface area (TPSA) is 30.7 Å². The van der Waals surface area contributed by atoms with E-state index in [1.165, 1.54) is 11.1 Å². The average Bonchev–Trinajstić information content (AvgIpc) is 2.74. The van der Waals surface area contributed by atoms with Gasteiger partial charge in [-0.2, -0.15) is 0 Å². The van der Waals surface area contributed by atoms with Crippen LogP contribution in [0.5, 0.6) is 0 Å². The summed E-state index contributed by atoms with van der Waals surface area (Å²) in [4.78, 5) is 0. The van der Waals surface area contributed by atoms with E-state index >= 15 is 0 Å². The molecule has 0 spiro atoms. The summed E-state index contributed by atoms with van der Waals surface area (Å²) in [5, 5.41) is 7.71. The molecule has 1 aromatic heterocycles. The number of aromatic nitrogens is 3. The van der Waals surface area contributed by atoms with E-state index < -0.39 is 0 Å². The van der Waals surface area contributed by atoms with Gasteiger partial charge in [0.2, 0.25) is 0 Å². The van der Waals surface area contributed by atoms with Gasteiger partial charge in [-0.15, -0.1) is 5.10 Å². The van der Waals surface area contributed by atoms with Crippen LogP contribution in [0.15, 0.2) is 36.7 Å². The zero-order chi connectivity index (χ0) is 10.5. The van der Waals surface area contributed by atoms with Crippen LogP contribution in [0, 0.1) is 6.92 Å². The van der Waals surface area contributed by atoms with E-state index in [-0.39, 0.29) is 0 Å². The summed E-state index contributed by atoms with van der Waals surface area (Å²) in [5.41, 5.74) is 2.80. The molecule has 0 saturated carbocycles. The molecule has 0 amide bonds. The third-order valence-corrected chi connectivity index (χ3v) is 2.57. The average molecular weight is 201 g/mol. The smallest absolute Gasteiger partial charge is 0.0692 e. The van der Waals surface area contributed by atoms with E-state index in [1.54, 1.807) is 6.20 Å². The van der Waals surface area contributed by atoms with E-state index in [1.807, 2.05) is 10.9 Å². The summed E-state index contributed by atoms with van der Waals surface area (Å²) >= 11 is 0. The van der Waals surface area contributed by atoms with Crippen LogP contribution in [-0.2, 0) is 13.0 Å². The maximum Gasteiger partial charge on any atom is 0.0692 e. The van der Waals surface area contributed by atoms with Crippen molar-refractivity contribution in [1.29, 1.82) is 0 Å². The molecule has 15 heavy (non-hydrogen) atoms. The predicted molar refractivity (Wildman–Crippen MR) is 59.5 cm³/mol. The number of benzene rings is 1. The number of rotatable bonds is 4. The maximum absolute atomic E-state index is 3.94. The molecule has 0 aliphatic rings. The molecule has 0 aliphatic heterocycles. The molecule has 78 valence electrons. The predicted octanol–water partition coefficient (Wildman–Crippen LogP) is 2.22. The fourth-order valence-electron chi connectivity index (χ4n) is 1.67. The van der Waals surface area contributed by atoms with Crippen LogP contribution in [0.3, 0.4) is 0 Å². The number of hydrogen-bond donors (Lipinski definition) is 0. The van der Waals surface area contributed by atoms with Crippen molar-refractivity contribution in [2.75, 3.05) is 0 Å². The highest BCUT2D eigenvalue weighted by Crippen LogP contribution is 2.09. The fourth-order valence-corrected chi connectivity index (χ4v) is 1.67. The number of aryl methyl sites for hydroxylation is 3. The third kappa shape index (κ3) is 2.65. The Morgan fingerprint density at radius 1 is 1.27 bits per heavy atom. The van der Waals surface area contributed by atoms with E-state index in [0.717, 1.165) is 19.4 Å². The Morgan fingerprint density at radius 3 is 2.87 bits per heavy atom. The van der Waals surface area contributed by atoms with Gasteiger partial charge in [0.05, 0.1) is 6.20 Å². The Bertz CT molecular complexity index is 407. The Hall–Kier alpha value is -1.64. The summed E-state index contributed by atoms with van der Waals surface area (Å²) in [7, 11) is 0. The zero-order valence-corrected chi connectivity index (χ0v) is 8.93. The molecule has 0 radical (unpaired) electrons. The first-order chi connectivity index (χ1) is 7.36. The van der Waals surface area contributed by atoms with Crippen LogP contribution in [0.25, 0.3) is 0 Å². The van der Waals surface area contributed by atoms with Crippen LogP contribution in [0.4, 0.5) is 0 Å². The van der Waals surface area contributed by atoms with E-state index in [0.29, 0.717) is 0 Å².